The summed E-state index contributed by atoms with van der Waals surface area (Å²) in [5.41, 5.74) is 0.359. The molecule has 2 rings (SSSR count). The van der Waals surface area contributed by atoms with E-state index in [1.807, 2.05) is 25.7 Å². The molecule has 1 saturated heterocycles. The van der Waals surface area contributed by atoms with Gasteiger partial charge in [-0.2, -0.15) is 4.98 Å². The molecule has 5 heteroatoms. The fourth-order valence-electron chi connectivity index (χ4n) is 2.11. The highest BCUT2D eigenvalue weighted by Gasteiger charge is 2.33. The SMILES string of the molecule is CC1CN(c2nc(CO)co2)CC(C)(C)O1. The summed E-state index contributed by atoms with van der Waals surface area (Å²) in [6, 6.07) is 0.562. The van der Waals surface area contributed by atoms with Crippen LogP contribution in [-0.2, 0) is 11.3 Å². The zero-order valence-corrected chi connectivity index (χ0v) is 9.93. The lowest BCUT2D eigenvalue weighted by Gasteiger charge is -2.40. The van der Waals surface area contributed by atoms with Gasteiger partial charge < -0.3 is 19.2 Å². The molecule has 1 N–H and O–H groups in total. The number of morpholine rings is 1. The zero-order valence-electron chi connectivity index (χ0n) is 9.93. The van der Waals surface area contributed by atoms with Crippen molar-refractivity contribution in [2.24, 2.45) is 0 Å². The summed E-state index contributed by atoms with van der Waals surface area (Å²) in [5, 5.41) is 8.94. The Balaban J connectivity index is 2.14. The van der Waals surface area contributed by atoms with Crippen LogP contribution >= 0.6 is 0 Å². The topological polar surface area (TPSA) is 58.7 Å². The Hall–Kier alpha value is -1.07. The molecule has 2 heterocycles. The number of ether oxygens (including phenoxy) is 1. The molecule has 1 fully saturated rings. The van der Waals surface area contributed by atoms with Crippen LogP contribution < -0.4 is 4.90 Å². The largest absolute Gasteiger partial charge is 0.432 e. The van der Waals surface area contributed by atoms with Gasteiger partial charge in [0, 0.05) is 6.54 Å². The van der Waals surface area contributed by atoms with Crippen LogP contribution in [0.1, 0.15) is 26.5 Å². The number of aliphatic hydroxyl groups is 1. The number of nitrogens with zero attached hydrogens (tertiary/aromatic N) is 2. The third-order valence-electron chi connectivity index (χ3n) is 2.54. The first-order valence-corrected chi connectivity index (χ1v) is 5.48. The predicted octanol–water partition coefficient (Wildman–Crippen LogP) is 1.17. The minimum absolute atomic E-state index is 0.0905. The highest BCUT2D eigenvalue weighted by atomic mass is 16.5. The molecular weight excluding hydrogens is 208 g/mol. The van der Waals surface area contributed by atoms with Gasteiger partial charge in [-0.25, -0.2) is 0 Å². The summed E-state index contributed by atoms with van der Waals surface area (Å²) in [5.74, 6) is 0. The third-order valence-corrected chi connectivity index (χ3v) is 2.54. The summed E-state index contributed by atoms with van der Waals surface area (Å²) < 4.78 is 11.1. The van der Waals surface area contributed by atoms with Crippen molar-refractivity contribution in [1.29, 1.82) is 0 Å². The van der Waals surface area contributed by atoms with E-state index in [0.717, 1.165) is 13.1 Å². The van der Waals surface area contributed by atoms with Gasteiger partial charge in [0.2, 0.25) is 0 Å². The van der Waals surface area contributed by atoms with E-state index < -0.39 is 0 Å². The fraction of sp³-hybridized carbons (Fsp3) is 0.727. The van der Waals surface area contributed by atoms with E-state index >= 15 is 0 Å². The average Bonchev–Trinajstić information content (AvgIpc) is 2.62. The van der Waals surface area contributed by atoms with Gasteiger partial charge in [-0.3, -0.25) is 0 Å². The number of hydrogen-bond donors (Lipinski definition) is 1. The minimum Gasteiger partial charge on any atom is -0.432 e. The van der Waals surface area contributed by atoms with Crippen LogP contribution in [-0.4, -0.2) is 34.9 Å². The molecule has 0 bridgehead atoms. The number of aromatic nitrogens is 1. The van der Waals surface area contributed by atoms with E-state index in [4.69, 9.17) is 14.3 Å². The molecule has 5 nitrogen and oxygen atoms in total. The number of anilines is 1. The number of aliphatic hydroxyl groups excluding tert-OH is 1. The molecule has 1 aromatic heterocycles. The van der Waals surface area contributed by atoms with Gasteiger partial charge in [0.25, 0.3) is 6.01 Å². The maximum absolute atomic E-state index is 8.94. The first-order valence-electron chi connectivity index (χ1n) is 5.48. The number of rotatable bonds is 2. The van der Waals surface area contributed by atoms with E-state index in [9.17, 15) is 0 Å². The Labute approximate surface area is 95.0 Å². The van der Waals surface area contributed by atoms with E-state index in [-0.39, 0.29) is 18.3 Å². The molecule has 0 aromatic carbocycles. The zero-order chi connectivity index (χ0) is 11.8. The first-order chi connectivity index (χ1) is 7.50. The van der Waals surface area contributed by atoms with Crippen LogP contribution in [0.3, 0.4) is 0 Å². The molecule has 1 unspecified atom stereocenters. The van der Waals surface area contributed by atoms with Crippen molar-refractivity contribution in [3.05, 3.63) is 12.0 Å². The van der Waals surface area contributed by atoms with Gasteiger partial charge in [-0.15, -0.1) is 0 Å². The summed E-state index contributed by atoms with van der Waals surface area (Å²) in [6.07, 6.45) is 1.64. The van der Waals surface area contributed by atoms with Crippen molar-refractivity contribution < 1.29 is 14.3 Å². The summed E-state index contributed by atoms with van der Waals surface area (Å²) in [4.78, 5) is 6.26. The Morgan fingerprint density at radius 1 is 1.62 bits per heavy atom. The molecule has 90 valence electrons. The highest BCUT2D eigenvalue weighted by molar-refractivity contribution is 5.29. The van der Waals surface area contributed by atoms with Crippen molar-refractivity contribution in [3.8, 4) is 0 Å². The highest BCUT2D eigenvalue weighted by Crippen LogP contribution is 2.25. The molecule has 0 amide bonds. The molecule has 16 heavy (non-hydrogen) atoms. The molecular formula is C11H18N2O3. The Morgan fingerprint density at radius 2 is 2.38 bits per heavy atom. The number of oxazole rings is 1. The van der Waals surface area contributed by atoms with Crippen molar-refractivity contribution >= 4 is 6.01 Å². The van der Waals surface area contributed by atoms with Crippen LogP contribution in [0.25, 0.3) is 0 Å². The van der Waals surface area contributed by atoms with E-state index in [1.165, 1.54) is 6.26 Å². The van der Waals surface area contributed by atoms with E-state index in [2.05, 4.69) is 4.98 Å². The molecule has 1 aromatic rings. The molecule has 0 spiro atoms. The van der Waals surface area contributed by atoms with Crippen molar-refractivity contribution in [3.63, 3.8) is 0 Å². The van der Waals surface area contributed by atoms with Crippen LogP contribution in [0.15, 0.2) is 10.7 Å². The second-order valence-electron chi connectivity index (χ2n) is 4.85. The van der Waals surface area contributed by atoms with Crippen molar-refractivity contribution in [2.75, 3.05) is 18.0 Å². The molecule has 1 aliphatic rings. The lowest BCUT2D eigenvalue weighted by molar-refractivity contribution is -0.0761. The maximum Gasteiger partial charge on any atom is 0.297 e. The Kier molecular flexibility index (Phi) is 2.90. The maximum atomic E-state index is 8.94. The second kappa shape index (κ2) is 4.07. The van der Waals surface area contributed by atoms with Gasteiger partial charge in [-0.1, -0.05) is 0 Å². The Bertz CT molecular complexity index is 362. The van der Waals surface area contributed by atoms with Crippen LogP contribution in [0.4, 0.5) is 6.01 Å². The molecule has 0 saturated carbocycles. The van der Waals surface area contributed by atoms with Crippen LogP contribution in [0.5, 0.6) is 0 Å². The quantitative estimate of drug-likeness (QED) is 0.820. The van der Waals surface area contributed by atoms with Gasteiger partial charge >= 0.3 is 0 Å². The average molecular weight is 226 g/mol. The standard InChI is InChI=1S/C11H18N2O3/c1-8-4-13(7-11(2,3)16-8)10-12-9(5-14)6-15-10/h6,8,14H,4-5,7H2,1-3H3. The number of hydrogen-bond acceptors (Lipinski definition) is 5. The van der Waals surface area contributed by atoms with Crippen molar-refractivity contribution in [2.45, 2.75) is 39.1 Å². The molecule has 0 aliphatic carbocycles. The second-order valence-corrected chi connectivity index (χ2v) is 4.85. The molecule has 1 aliphatic heterocycles. The third kappa shape index (κ3) is 2.36. The van der Waals surface area contributed by atoms with Gasteiger partial charge in [0.1, 0.15) is 12.0 Å². The van der Waals surface area contributed by atoms with E-state index in [0.29, 0.717) is 11.7 Å². The van der Waals surface area contributed by atoms with E-state index in [1.54, 1.807) is 0 Å². The summed E-state index contributed by atoms with van der Waals surface area (Å²) >= 11 is 0. The van der Waals surface area contributed by atoms with Gasteiger partial charge in [0.15, 0.2) is 0 Å². The molecule has 0 radical (unpaired) electrons. The van der Waals surface area contributed by atoms with Crippen LogP contribution in [0.2, 0.25) is 0 Å². The lowest BCUT2D eigenvalue weighted by Crippen LogP contribution is -2.52. The summed E-state index contributed by atoms with van der Waals surface area (Å²) in [7, 11) is 0. The monoisotopic (exact) mass is 226 g/mol. The lowest BCUT2D eigenvalue weighted by atomic mass is 10.1. The smallest absolute Gasteiger partial charge is 0.297 e. The van der Waals surface area contributed by atoms with Gasteiger partial charge in [0.05, 0.1) is 24.9 Å². The normalized spacial score (nSPS) is 24.8. The fourth-order valence-corrected chi connectivity index (χ4v) is 2.11. The van der Waals surface area contributed by atoms with Gasteiger partial charge in [-0.05, 0) is 20.8 Å². The first kappa shape index (κ1) is 11.4. The minimum atomic E-state index is -0.203. The predicted molar refractivity (Wildman–Crippen MR) is 59.3 cm³/mol. The molecule has 1 atom stereocenters. The van der Waals surface area contributed by atoms with Crippen LogP contribution in [0, 0.1) is 0 Å². The summed E-state index contributed by atoms with van der Waals surface area (Å²) in [6.45, 7) is 7.53. The Morgan fingerprint density at radius 3 is 2.94 bits per heavy atom. The van der Waals surface area contributed by atoms with Crippen molar-refractivity contribution in [1.82, 2.24) is 4.98 Å².